The lowest BCUT2D eigenvalue weighted by Gasteiger charge is -2.21. The second-order valence-electron chi connectivity index (χ2n) is 7.76. The lowest BCUT2D eigenvalue weighted by molar-refractivity contribution is -0.155. The van der Waals surface area contributed by atoms with Crippen LogP contribution in [-0.4, -0.2) is 81.3 Å². The number of rotatable bonds is 17. The van der Waals surface area contributed by atoms with Gasteiger partial charge in [0.2, 0.25) is 0 Å². The van der Waals surface area contributed by atoms with Gasteiger partial charge < -0.3 is 33.9 Å². The number of aliphatic hydroxyl groups excluding tert-OH is 2. The Morgan fingerprint density at radius 2 is 1.22 bits per heavy atom. The number of methoxy groups -OCH3 is 2. The molecule has 2 N–H and O–H groups in total. The Hall–Kier alpha value is -2.70. The van der Waals surface area contributed by atoms with E-state index >= 15 is 0 Å². The maximum atomic E-state index is 11.9. The van der Waals surface area contributed by atoms with Gasteiger partial charge >= 0.3 is 23.9 Å². The highest BCUT2D eigenvalue weighted by Gasteiger charge is 2.21. The molecule has 12 heteroatoms. The molecule has 0 heterocycles. The van der Waals surface area contributed by atoms with Crippen molar-refractivity contribution in [1.29, 1.82) is 0 Å². The summed E-state index contributed by atoms with van der Waals surface area (Å²) >= 11 is 3.47. The average Bonchev–Trinajstić information content (AvgIpc) is 2.85. The zero-order valence-electron chi connectivity index (χ0n) is 20.5. The van der Waals surface area contributed by atoms with Crippen LogP contribution in [-0.2, 0) is 51.0 Å². The molecule has 0 amide bonds. The maximum absolute atomic E-state index is 11.9. The van der Waals surface area contributed by atoms with Crippen molar-refractivity contribution in [2.75, 3.05) is 47.3 Å². The predicted molar refractivity (Wildman–Crippen MR) is 129 cm³/mol. The zero-order valence-corrected chi connectivity index (χ0v) is 22.0. The molecule has 36 heavy (non-hydrogen) atoms. The van der Waals surface area contributed by atoms with Gasteiger partial charge in [0, 0.05) is 17.7 Å². The number of aliphatic hydroxyl groups is 2. The molecule has 0 saturated heterocycles. The van der Waals surface area contributed by atoms with Gasteiger partial charge in [0.15, 0.2) is 0 Å². The molecule has 0 fully saturated rings. The number of hydrogen-bond acceptors (Lipinski definition) is 11. The normalized spacial score (nSPS) is 10.6. The summed E-state index contributed by atoms with van der Waals surface area (Å²) < 4.78 is 26.1. The molecule has 0 saturated carbocycles. The number of aryl methyl sites for hydroxylation is 2. The minimum atomic E-state index is -0.816. The van der Waals surface area contributed by atoms with Gasteiger partial charge in [-0.15, -0.1) is 0 Å². The molecule has 0 atom stereocenters. The highest BCUT2D eigenvalue weighted by atomic mass is 79.9. The van der Waals surface area contributed by atoms with Crippen molar-refractivity contribution in [3.8, 4) is 5.75 Å². The summed E-state index contributed by atoms with van der Waals surface area (Å²) in [7, 11) is 2.29. The highest BCUT2D eigenvalue weighted by molar-refractivity contribution is 9.10. The number of benzene rings is 1. The van der Waals surface area contributed by atoms with Crippen LogP contribution in [0.15, 0.2) is 16.6 Å². The predicted octanol–water partition coefficient (Wildman–Crippen LogP) is 1.51. The van der Waals surface area contributed by atoms with Crippen molar-refractivity contribution < 1.29 is 53.1 Å². The van der Waals surface area contributed by atoms with E-state index in [-0.39, 0.29) is 33.0 Å². The van der Waals surface area contributed by atoms with E-state index in [9.17, 15) is 29.4 Å². The summed E-state index contributed by atoms with van der Waals surface area (Å²) in [6, 6.07) is 3.74. The van der Waals surface area contributed by atoms with E-state index in [1.165, 1.54) is 0 Å². The van der Waals surface area contributed by atoms with Crippen molar-refractivity contribution in [3.05, 3.63) is 27.7 Å². The molecular weight excluding hydrogens is 544 g/mol. The smallest absolute Gasteiger partial charge is 0.317 e. The molecule has 0 radical (unpaired) electrons. The molecule has 0 aliphatic rings. The first kappa shape index (κ1) is 31.3. The van der Waals surface area contributed by atoms with Crippen molar-refractivity contribution in [3.63, 3.8) is 0 Å². The number of esters is 4. The molecule has 0 aliphatic carbocycles. The number of hydrogen-bond donors (Lipinski definition) is 2. The van der Waals surface area contributed by atoms with Crippen LogP contribution in [0, 0.1) is 5.92 Å². The molecule has 0 spiro atoms. The monoisotopic (exact) mass is 576 g/mol. The summed E-state index contributed by atoms with van der Waals surface area (Å²) in [5, 5.41) is 18.5. The van der Waals surface area contributed by atoms with Gasteiger partial charge in [-0.3, -0.25) is 19.2 Å². The molecular formula is C24H33BrO11. The van der Waals surface area contributed by atoms with Crippen molar-refractivity contribution in [1.82, 2.24) is 0 Å². The zero-order chi connectivity index (χ0) is 26.9. The Morgan fingerprint density at radius 3 is 1.61 bits per heavy atom. The van der Waals surface area contributed by atoms with E-state index in [0.29, 0.717) is 31.4 Å². The SMILES string of the molecule is COC(=O)CC(=O)OCC(COC(=O)CC(=O)OC)COc1c(CCCO)cc(Br)cc1CCCO. The van der Waals surface area contributed by atoms with Crippen LogP contribution in [0.4, 0.5) is 0 Å². The summed E-state index contributed by atoms with van der Waals surface area (Å²) in [5.41, 5.74) is 1.66. The van der Waals surface area contributed by atoms with Gasteiger partial charge in [-0.25, -0.2) is 0 Å². The van der Waals surface area contributed by atoms with Gasteiger partial charge in [-0.05, 0) is 48.9 Å². The summed E-state index contributed by atoms with van der Waals surface area (Å²) in [5.74, 6) is -3.21. The third kappa shape index (κ3) is 12.3. The fourth-order valence-corrected chi connectivity index (χ4v) is 3.61. The third-order valence-corrected chi connectivity index (χ3v) is 5.33. The molecule has 0 unspecified atom stereocenters. The topological polar surface area (TPSA) is 155 Å². The Balaban J connectivity index is 3.01. The Bertz CT molecular complexity index is 809. The summed E-state index contributed by atoms with van der Waals surface area (Å²) in [4.78, 5) is 46.4. The molecule has 1 rings (SSSR count). The maximum Gasteiger partial charge on any atom is 0.317 e. The van der Waals surface area contributed by atoms with Gasteiger partial charge in [-0.1, -0.05) is 15.9 Å². The lowest BCUT2D eigenvalue weighted by Crippen LogP contribution is -2.28. The van der Waals surface area contributed by atoms with Gasteiger partial charge in [0.05, 0.1) is 26.7 Å². The van der Waals surface area contributed by atoms with Crippen LogP contribution in [0.3, 0.4) is 0 Å². The average molecular weight is 577 g/mol. The first-order valence-corrected chi connectivity index (χ1v) is 12.1. The first-order chi connectivity index (χ1) is 17.2. The van der Waals surface area contributed by atoms with Crippen LogP contribution in [0.5, 0.6) is 5.75 Å². The van der Waals surface area contributed by atoms with Crippen LogP contribution in [0.2, 0.25) is 0 Å². The van der Waals surface area contributed by atoms with E-state index in [2.05, 4.69) is 25.4 Å². The van der Waals surface area contributed by atoms with Gasteiger partial charge in [0.25, 0.3) is 0 Å². The molecule has 1 aromatic rings. The number of halogens is 1. The minimum Gasteiger partial charge on any atom is -0.492 e. The van der Waals surface area contributed by atoms with Crippen molar-refractivity contribution >= 4 is 39.8 Å². The van der Waals surface area contributed by atoms with Crippen molar-refractivity contribution in [2.24, 2.45) is 5.92 Å². The van der Waals surface area contributed by atoms with Crippen molar-refractivity contribution in [2.45, 2.75) is 38.5 Å². The number of ether oxygens (including phenoxy) is 5. The first-order valence-electron chi connectivity index (χ1n) is 11.3. The van der Waals surface area contributed by atoms with Crippen LogP contribution in [0.25, 0.3) is 0 Å². The fourth-order valence-electron chi connectivity index (χ4n) is 3.06. The Labute approximate surface area is 218 Å². The third-order valence-electron chi connectivity index (χ3n) is 4.87. The number of carbonyl (C=O) groups is 4. The molecule has 0 aliphatic heterocycles. The Kier molecular flexibility index (Phi) is 15.4. The standard InChI is InChI=1S/C24H33BrO11/c1-32-20(28)11-22(30)34-13-16(14-35-23(31)12-21(29)33-2)15-36-24-17(5-3-7-26)9-19(25)10-18(24)6-4-8-27/h9-10,16,26-27H,3-8,11-15H2,1-2H3. The van der Waals surface area contributed by atoms with E-state index < -0.39 is 42.6 Å². The van der Waals surface area contributed by atoms with Crippen LogP contribution < -0.4 is 4.74 Å². The molecule has 1 aromatic carbocycles. The molecule has 0 bridgehead atoms. The Morgan fingerprint density at radius 1 is 0.778 bits per heavy atom. The molecule has 0 aromatic heterocycles. The molecule has 11 nitrogen and oxygen atoms in total. The lowest BCUT2D eigenvalue weighted by atomic mass is 10.0. The van der Waals surface area contributed by atoms with Gasteiger partial charge in [0.1, 0.15) is 31.8 Å². The molecule has 202 valence electrons. The van der Waals surface area contributed by atoms with Crippen LogP contribution >= 0.6 is 15.9 Å². The van der Waals surface area contributed by atoms with E-state index in [0.717, 1.165) is 29.8 Å². The van der Waals surface area contributed by atoms with Crippen LogP contribution in [0.1, 0.15) is 36.8 Å². The van der Waals surface area contributed by atoms with Gasteiger partial charge in [-0.2, -0.15) is 0 Å². The summed E-state index contributed by atoms with van der Waals surface area (Å²) in [6.07, 6.45) is 0.928. The summed E-state index contributed by atoms with van der Waals surface area (Å²) in [6.45, 7) is -0.498. The largest absolute Gasteiger partial charge is 0.492 e. The number of carbonyl (C=O) groups excluding carboxylic acids is 4. The quantitative estimate of drug-likeness (QED) is 0.157. The van der Waals surface area contributed by atoms with E-state index in [1.54, 1.807) is 0 Å². The van der Waals surface area contributed by atoms with E-state index in [4.69, 9.17) is 14.2 Å². The fraction of sp³-hybridized carbons (Fsp3) is 0.583. The minimum absolute atomic E-state index is 0.00710. The second-order valence-corrected chi connectivity index (χ2v) is 8.67. The highest BCUT2D eigenvalue weighted by Crippen LogP contribution is 2.31. The second kappa shape index (κ2) is 17.7. The van der Waals surface area contributed by atoms with E-state index in [1.807, 2.05) is 12.1 Å².